The van der Waals surface area contributed by atoms with E-state index in [2.05, 4.69) is 65.6 Å². The Morgan fingerprint density at radius 1 is 0.720 bits per heavy atom. The van der Waals surface area contributed by atoms with Crippen molar-refractivity contribution in [1.29, 1.82) is 0 Å². The lowest BCUT2D eigenvalue weighted by molar-refractivity contribution is 0.402. The number of aromatic nitrogens is 2. The molecule has 3 aromatic rings. The van der Waals surface area contributed by atoms with E-state index < -0.39 is 0 Å². The van der Waals surface area contributed by atoms with Gasteiger partial charge in [0.15, 0.2) is 0 Å². The van der Waals surface area contributed by atoms with Gasteiger partial charge in [0.1, 0.15) is 10.0 Å². The molecule has 25 heavy (non-hydrogen) atoms. The minimum atomic E-state index is 0.950. The van der Waals surface area contributed by atoms with Crippen molar-refractivity contribution in [3.63, 3.8) is 0 Å². The summed E-state index contributed by atoms with van der Waals surface area (Å²) in [5.41, 5.74) is 3.54. The highest BCUT2D eigenvalue weighted by atomic mass is 32.1. The molecule has 0 saturated heterocycles. The fourth-order valence-electron chi connectivity index (χ4n) is 2.16. The number of nitrogens with zero attached hydrogens (tertiary/aromatic N) is 3. The molecule has 0 saturated carbocycles. The second-order valence-electron chi connectivity index (χ2n) is 5.21. The Morgan fingerprint density at radius 3 is 1.68 bits per heavy atom. The van der Waals surface area contributed by atoms with Gasteiger partial charge in [-0.3, -0.25) is 0 Å². The summed E-state index contributed by atoms with van der Waals surface area (Å²) in [6.45, 7) is 8.95. The fourth-order valence-corrected chi connectivity index (χ4v) is 3.01. The predicted octanol–water partition coefficient (Wildman–Crippen LogP) is 5.99. The van der Waals surface area contributed by atoms with Crippen LogP contribution in [0.4, 0.5) is 0 Å². The first kappa shape index (κ1) is 21.0. The van der Waals surface area contributed by atoms with Gasteiger partial charge in [0.2, 0.25) is 0 Å². The van der Waals surface area contributed by atoms with Crippen molar-refractivity contribution in [2.45, 2.75) is 34.2 Å². The molecule has 0 fully saturated rings. The van der Waals surface area contributed by atoms with Crippen molar-refractivity contribution < 1.29 is 0 Å². The van der Waals surface area contributed by atoms with E-state index in [0.29, 0.717) is 0 Å². The molecular formula is C21H29N3S. The first-order valence-electron chi connectivity index (χ1n) is 8.85. The van der Waals surface area contributed by atoms with Gasteiger partial charge in [-0.25, -0.2) is 0 Å². The molecule has 134 valence electrons. The molecule has 2 aromatic carbocycles. The van der Waals surface area contributed by atoms with E-state index in [1.165, 1.54) is 5.56 Å². The van der Waals surface area contributed by atoms with Crippen LogP contribution in [0, 0.1) is 0 Å². The van der Waals surface area contributed by atoms with Gasteiger partial charge in [0.05, 0.1) is 0 Å². The molecule has 3 rings (SSSR count). The molecule has 0 unspecified atom stereocenters. The van der Waals surface area contributed by atoms with Gasteiger partial charge in [-0.05, 0) is 19.7 Å². The van der Waals surface area contributed by atoms with E-state index in [1.807, 2.05) is 45.9 Å². The molecule has 1 aromatic heterocycles. The minimum Gasteiger partial charge on any atom is -0.305 e. The summed E-state index contributed by atoms with van der Waals surface area (Å²) in [7, 11) is 4.15. The molecule has 4 heteroatoms. The largest absolute Gasteiger partial charge is 0.305 e. The molecule has 0 aliphatic rings. The third-order valence-corrected chi connectivity index (χ3v) is 4.17. The summed E-state index contributed by atoms with van der Waals surface area (Å²) in [4.78, 5) is 2.16. The highest BCUT2D eigenvalue weighted by molar-refractivity contribution is 7.17. The average Bonchev–Trinajstić information content (AvgIpc) is 3.16. The van der Waals surface area contributed by atoms with Crippen LogP contribution < -0.4 is 0 Å². The Balaban J connectivity index is 0.000000730. The molecule has 0 radical (unpaired) electrons. The smallest absolute Gasteiger partial charge is 0.148 e. The van der Waals surface area contributed by atoms with Crippen molar-refractivity contribution in [3.05, 3.63) is 60.2 Å². The molecule has 0 spiro atoms. The van der Waals surface area contributed by atoms with E-state index in [1.54, 1.807) is 11.3 Å². The summed E-state index contributed by atoms with van der Waals surface area (Å²) in [6, 6.07) is 18.7. The maximum Gasteiger partial charge on any atom is 0.148 e. The lowest BCUT2D eigenvalue weighted by Gasteiger charge is -2.09. The van der Waals surface area contributed by atoms with Crippen molar-refractivity contribution in [2.75, 3.05) is 14.1 Å². The monoisotopic (exact) mass is 355 g/mol. The Morgan fingerprint density at radius 2 is 1.20 bits per heavy atom. The summed E-state index contributed by atoms with van der Waals surface area (Å²) >= 11 is 1.63. The van der Waals surface area contributed by atoms with Crippen molar-refractivity contribution >= 4 is 11.3 Å². The molecule has 0 aliphatic heterocycles. The van der Waals surface area contributed by atoms with Crippen LogP contribution in [0.5, 0.6) is 0 Å². The third kappa shape index (κ3) is 6.40. The normalized spacial score (nSPS) is 9.72. The highest BCUT2D eigenvalue weighted by Gasteiger charge is 2.08. The zero-order chi connectivity index (χ0) is 18.7. The maximum atomic E-state index is 4.31. The van der Waals surface area contributed by atoms with Gasteiger partial charge >= 0.3 is 0 Å². The second kappa shape index (κ2) is 11.5. The molecular weight excluding hydrogens is 326 g/mol. The Hall–Kier alpha value is -2.04. The second-order valence-corrected chi connectivity index (χ2v) is 6.19. The summed E-state index contributed by atoms with van der Waals surface area (Å²) in [5.74, 6) is 0. The SMILES string of the molecule is CC.CC.CN(C)Cc1ccc(-c2nnc(-c3ccccc3)s2)cc1. The number of hydrogen-bond acceptors (Lipinski definition) is 4. The van der Waals surface area contributed by atoms with E-state index in [0.717, 1.165) is 27.7 Å². The van der Waals surface area contributed by atoms with E-state index in [-0.39, 0.29) is 0 Å². The number of rotatable bonds is 4. The summed E-state index contributed by atoms with van der Waals surface area (Å²) in [6.07, 6.45) is 0. The third-order valence-electron chi connectivity index (χ3n) is 3.15. The minimum absolute atomic E-state index is 0.950. The maximum absolute atomic E-state index is 4.31. The van der Waals surface area contributed by atoms with Gasteiger partial charge in [0.25, 0.3) is 0 Å². The van der Waals surface area contributed by atoms with Crippen LogP contribution in [0.2, 0.25) is 0 Å². The fraction of sp³-hybridized carbons (Fsp3) is 0.333. The van der Waals surface area contributed by atoms with Crippen LogP contribution in [-0.2, 0) is 6.54 Å². The lowest BCUT2D eigenvalue weighted by Crippen LogP contribution is -2.10. The molecule has 0 aliphatic carbocycles. The van der Waals surface area contributed by atoms with Crippen LogP contribution in [0.1, 0.15) is 33.3 Å². The van der Waals surface area contributed by atoms with Gasteiger partial charge in [-0.1, -0.05) is 93.6 Å². The van der Waals surface area contributed by atoms with Crippen molar-refractivity contribution in [2.24, 2.45) is 0 Å². The topological polar surface area (TPSA) is 29.0 Å². The molecule has 1 heterocycles. The van der Waals surface area contributed by atoms with E-state index >= 15 is 0 Å². The van der Waals surface area contributed by atoms with Crippen LogP contribution in [0.25, 0.3) is 21.1 Å². The van der Waals surface area contributed by atoms with Gasteiger partial charge < -0.3 is 4.90 Å². The molecule has 0 atom stereocenters. The molecule has 3 nitrogen and oxygen atoms in total. The van der Waals surface area contributed by atoms with Crippen LogP contribution >= 0.6 is 11.3 Å². The van der Waals surface area contributed by atoms with Gasteiger partial charge in [-0.2, -0.15) is 0 Å². The zero-order valence-electron chi connectivity index (χ0n) is 16.2. The Labute approximate surface area is 156 Å². The van der Waals surface area contributed by atoms with Crippen LogP contribution in [0.3, 0.4) is 0 Å². The quantitative estimate of drug-likeness (QED) is 0.576. The Bertz CT molecular complexity index is 704. The molecule has 0 N–H and O–H groups in total. The van der Waals surface area contributed by atoms with Crippen molar-refractivity contribution in [1.82, 2.24) is 15.1 Å². The standard InChI is InChI=1S/C17H17N3S.2C2H6/c1-20(2)12-13-8-10-15(11-9-13)17-19-18-16(21-17)14-6-4-3-5-7-14;2*1-2/h3-11H,12H2,1-2H3;2*1-2H3. The lowest BCUT2D eigenvalue weighted by atomic mass is 10.1. The van der Waals surface area contributed by atoms with Gasteiger partial charge in [-0.15, -0.1) is 10.2 Å². The van der Waals surface area contributed by atoms with Crippen LogP contribution in [0.15, 0.2) is 54.6 Å². The average molecular weight is 356 g/mol. The summed E-state index contributed by atoms with van der Waals surface area (Å²) < 4.78 is 0. The number of benzene rings is 2. The highest BCUT2D eigenvalue weighted by Crippen LogP contribution is 2.29. The van der Waals surface area contributed by atoms with E-state index in [9.17, 15) is 0 Å². The Kier molecular flexibility index (Phi) is 9.66. The molecule has 0 bridgehead atoms. The van der Waals surface area contributed by atoms with Crippen LogP contribution in [-0.4, -0.2) is 29.2 Å². The number of hydrogen-bond donors (Lipinski definition) is 0. The summed E-state index contributed by atoms with van der Waals surface area (Å²) in [5, 5.41) is 10.5. The van der Waals surface area contributed by atoms with Crippen molar-refractivity contribution in [3.8, 4) is 21.1 Å². The zero-order valence-corrected chi connectivity index (χ0v) is 17.0. The molecule has 0 amide bonds. The first-order chi connectivity index (χ1) is 12.2. The van der Waals surface area contributed by atoms with Gasteiger partial charge in [0, 0.05) is 17.7 Å². The van der Waals surface area contributed by atoms with E-state index in [4.69, 9.17) is 0 Å². The predicted molar refractivity (Wildman–Crippen MR) is 111 cm³/mol. The first-order valence-corrected chi connectivity index (χ1v) is 9.67.